The quantitative estimate of drug-likeness (QED) is 0.230. The predicted molar refractivity (Wildman–Crippen MR) is 166 cm³/mol. The van der Waals surface area contributed by atoms with Crippen molar-refractivity contribution in [1.29, 1.82) is 0 Å². The Bertz CT molecular complexity index is 1100. The summed E-state index contributed by atoms with van der Waals surface area (Å²) >= 11 is 0. The first-order chi connectivity index (χ1) is 19.4. The Balaban J connectivity index is 2.55. The second kappa shape index (κ2) is 16.8. The largest absolute Gasteiger partial charge is 0.444 e. The van der Waals surface area contributed by atoms with Gasteiger partial charge in [-0.1, -0.05) is 99.7 Å². The molecule has 2 aromatic carbocycles. The number of amides is 3. The van der Waals surface area contributed by atoms with Gasteiger partial charge in [-0.05, 0) is 58.6 Å². The van der Waals surface area contributed by atoms with Gasteiger partial charge in [0.1, 0.15) is 17.7 Å². The maximum atomic E-state index is 14.5. The average Bonchev–Trinajstić information content (AvgIpc) is 2.89. The molecule has 0 bridgehead atoms. The van der Waals surface area contributed by atoms with Crippen LogP contribution in [-0.2, 0) is 20.7 Å². The number of nitrogens with one attached hydrogen (secondary N) is 2. The van der Waals surface area contributed by atoms with Crippen LogP contribution in [0.5, 0.6) is 0 Å². The maximum Gasteiger partial charge on any atom is 0.408 e. The van der Waals surface area contributed by atoms with Crippen LogP contribution in [0.25, 0.3) is 0 Å². The Morgan fingerprint density at radius 3 is 2.22 bits per heavy atom. The Hall–Kier alpha value is -3.35. The summed E-state index contributed by atoms with van der Waals surface area (Å²) in [4.78, 5) is 43.1. The van der Waals surface area contributed by atoms with E-state index in [-0.39, 0.29) is 24.3 Å². The third-order valence-electron chi connectivity index (χ3n) is 6.84. The lowest BCUT2D eigenvalue weighted by atomic mass is 9.98. The Morgan fingerprint density at radius 1 is 0.902 bits per heavy atom. The van der Waals surface area contributed by atoms with Crippen LogP contribution < -0.4 is 10.6 Å². The van der Waals surface area contributed by atoms with Crippen molar-refractivity contribution in [2.75, 3.05) is 6.54 Å². The van der Waals surface area contributed by atoms with Gasteiger partial charge in [0.05, 0.1) is 0 Å². The van der Waals surface area contributed by atoms with Crippen molar-refractivity contribution in [1.82, 2.24) is 15.5 Å². The average molecular weight is 566 g/mol. The van der Waals surface area contributed by atoms with E-state index in [9.17, 15) is 14.4 Å². The van der Waals surface area contributed by atoms with Gasteiger partial charge in [-0.2, -0.15) is 0 Å². The molecule has 0 aliphatic rings. The molecule has 0 radical (unpaired) electrons. The maximum absolute atomic E-state index is 14.5. The van der Waals surface area contributed by atoms with Gasteiger partial charge in [0.25, 0.3) is 0 Å². The van der Waals surface area contributed by atoms with E-state index in [0.29, 0.717) is 6.54 Å². The van der Waals surface area contributed by atoms with Crippen LogP contribution in [0, 0.1) is 6.92 Å². The van der Waals surface area contributed by atoms with Crippen molar-refractivity contribution in [3.8, 4) is 0 Å². The molecule has 226 valence electrons. The van der Waals surface area contributed by atoms with Crippen molar-refractivity contribution >= 4 is 17.9 Å². The second-order valence-corrected chi connectivity index (χ2v) is 12.0. The molecule has 3 amide bonds. The molecule has 0 aliphatic heterocycles. The van der Waals surface area contributed by atoms with E-state index in [4.69, 9.17) is 4.74 Å². The van der Waals surface area contributed by atoms with Crippen LogP contribution in [0.3, 0.4) is 0 Å². The minimum absolute atomic E-state index is 0.0307. The van der Waals surface area contributed by atoms with E-state index in [1.807, 2.05) is 68.4 Å². The van der Waals surface area contributed by atoms with E-state index in [1.165, 1.54) is 0 Å². The first-order valence-corrected chi connectivity index (χ1v) is 15.2. The number of ether oxygens (including phenoxy) is 1. The zero-order valence-electron chi connectivity index (χ0n) is 26.2. The molecule has 2 rings (SSSR count). The molecule has 41 heavy (non-hydrogen) atoms. The van der Waals surface area contributed by atoms with Crippen LogP contribution in [0.4, 0.5) is 4.79 Å². The van der Waals surface area contributed by atoms with Gasteiger partial charge in [-0.3, -0.25) is 9.59 Å². The first kappa shape index (κ1) is 33.9. The minimum Gasteiger partial charge on any atom is -0.444 e. The lowest BCUT2D eigenvalue weighted by Crippen LogP contribution is -2.54. The van der Waals surface area contributed by atoms with Gasteiger partial charge in [-0.15, -0.1) is 0 Å². The molecular weight excluding hydrogens is 514 g/mol. The summed E-state index contributed by atoms with van der Waals surface area (Å²) in [5.41, 5.74) is 1.95. The highest BCUT2D eigenvalue weighted by atomic mass is 16.6. The molecule has 0 saturated heterocycles. The van der Waals surface area contributed by atoms with E-state index in [1.54, 1.807) is 25.7 Å². The smallest absolute Gasteiger partial charge is 0.408 e. The van der Waals surface area contributed by atoms with E-state index in [2.05, 4.69) is 24.5 Å². The van der Waals surface area contributed by atoms with Gasteiger partial charge in [0.15, 0.2) is 0 Å². The summed E-state index contributed by atoms with van der Waals surface area (Å²) in [6.45, 7) is 14.0. The van der Waals surface area contributed by atoms with E-state index >= 15 is 0 Å². The van der Waals surface area contributed by atoms with Crippen LogP contribution in [0.15, 0.2) is 54.6 Å². The van der Waals surface area contributed by atoms with Crippen molar-refractivity contribution in [3.05, 3.63) is 71.3 Å². The number of hydrogen-bond acceptors (Lipinski definition) is 4. The molecule has 3 atom stereocenters. The molecule has 3 unspecified atom stereocenters. The van der Waals surface area contributed by atoms with Crippen LogP contribution >= 0.6 is 0 Å². The van der Waals surface area contributed by atoms with Gasteiger partial charge >= 0.3 is 6.09 Å². The van der Waals surface area contributed by atoms with Gasteiger partial charge in [-0.25, -0.2) is 4.79 Å². The van der Waals surface area contributed by atoms with Gasteiger partial charge in [0.2, 0.25) is 11.8 Å². The summed E-state index contributed by atoms with van der Waals surface area (Å²) in [6, 6.07) is 15.6. The Morgan fingerprint density at radius 2 is 1.61 bits per heavy atom. The second-order valence-electron chi connectivity index (χ2n) is 12.0. The van der Waals surface area contributed by atoms with Crippen LogP contribution in [0.2, 0.25) is 0 Å². The zero-order chi connectivity index (χ0) is 30.4. The predicted octanol–water partition coefficient (Wildman–Crippen LogP) is 6.89. The Kier molecular flexibility index (Phi) is 13.9. The number of alkyl carbamates (subject to hydrolysis) is 1. The summed E-state index contributed by atoms with van der Waals surface area (Å²) in [5.74, 6) is -0.517. The Labute approximate surface area is 247 Å². The minimum atomic E-state index is -0.911. The number of hydrogen-bond donors (Lipinski definition) is 2. The van der Waals surface area contributed by atoms with Crippen LogP contribution in [0.1, 0.15) is 103 Å². The fourth-order valence-electron chi connectivity index (χ4n) is 4.92. The lowest BCUT2D eigenvalue weighted by Gasteiger charge is -2.35. The molecule has 2 aromatic rings. The summed E-state index contributed by atoms with van der Waals surface area (Å²) in [6.07, 6.45) is 5.19. The molecule has 7 nitrogen and oxygen atoms in total. The highest BCUT2D eigenvalue weighted by molar-refractivity contribution is 5.92. The molecule has 0 fully saturated rings. The van der Waals surface area contributed by atoms with Gasteiger partial charge < -0.3 is 20.3 Å². The number of carbonyl (C=O) groups is 3. The zero-order valence-corrected chi connectivity index (χ0v) is 26.2. The third kappa shape index (κ3) is 12.0. The molecule has 0 aliphatic carbocycles. The summed E-state index contributed by atoms with van der Waals surface area (Å²) in [5, 5.41) is 5.99. The highest BCUT2D eigenvalue weighted by Gasteiger charge is 2.36. The normalized spacial score (nSPS) is 13.5. The molecule has 0 heterocycles. The van der Waals surface area contributed by atoms with Crippen molar-refractivity contribution in [2.24, 2.45) is 0 Å². The number of rotatable bonds is 15. The molecule has 0 aromatic heterocycles. The SMILES string of the molecule is CCCCCCN(C(=O)C(Cc1ccccc1)NC(=O)OC(C)(C)C)C(C(=O)NC(C)CCC)c1cccc(C)c1. The first-order valence-electron chi connectivity index (χ1n) is 15.2. The topological polar surface area (TPSA) is 87.7 Å². The summed E-state index contributed by atoms with van der Waals surface area (Å²) in [7, 11) is 0. The van der Waals surface area contributed by atoms with Crippen molar-refractivity contribution in [2.45, 2.75) is 117 Å². The molecule has 7 heteroatoms. The number of carbonyl (C=O) groups excluding carboxylic acids is 3. The number of nitrogens with zero attached hydrogens (tertiary/aromatic N) is 1. The van der Waals surface area contributed by atoms with Crippen molar-refractivity contribution < 1.29 is 19.1 Å². The number of aryl methyl sites for hydroxylation is 1. The number of unbranched alkanes of at least 4 members (excludes halogenated alkanes) is 3. The standard InChI is InChI=1S/C34H51N3O4/c1-8-10-11-15-22-37(30(28-21-16-18-25(3)23-28)31(38)35-26(4)17-9-2)32(39)29(24-27-19-13-12-14-20-27)36-33(40)41-34(5,6)7/h12-14,16,18-21,23,26,29-30H,8-11,15,17,22,24H2,1-7H3,(H,35,38)(H,36,40). The third-order valence-corrected chi connectivity index (χ3v) is 6.84. The fraction of sp³-hybridized carbons (Fsp3) is 0.559. The highest BCUT2D eigenvalue weighted by Crippen LogP contribution is 2.25. The van der Waals surface area contributed by atoms with E-state index < -0.39 is 23.8 Å². The monoisotopic (exact) mass is 565 g/mol. The van der Waals surface area contributed by atoms with Crippen molar-refractivity contribution in [3.63, 3.8) is 0 Å². The molecular formula is C34H51N3O4. The lowest BCUT2D eigenvalue weighted by molar-refractivity contribution is -0.142. The molecule has 0 saturated carbocycles. The number of benzene rings is 2. The molecule has 0 spiro atoms. The summed E-state index contributed by atoms with van der Waals surface area (Å²) < 4.78 is 5.54. The van der Waals surface area contributed by atoms with Gasteiger partial charge in [0, 0.05) is 19.0 Å². The van der Waals surface area contributed by atoms with E-state index in [0.717, 1.165) is 55.2 Å². The fourth-order valence-corrected chi connectivity index (χ4v) is 4.92. The molecule has 2 N–H and O–H groups in total. The van der Waals surface area contributed by atoms with Crippen LogP contribution in [-0.4, -0.2) is 47.0 Å².